The fraction of sp³-hybridized carbons (Fsp3) is 0.105. The van der Waals surface area contributed by atoms with Crippen molar-refractivity contribution in [2.75, 3.05) is 12.3 Å². The highest BCUT2D eigenvalue weighted by atomic mass is 32.2. The molecule has 1 saturated heterocycles. The summed E-state index contributed by atoms with van der Waals surface area (Å²) in [6.07, 6.45) is 1.46. The van der Waals surface area contributed by atoms with Crippen molar-refractivity contribution in [2.24, 2.45) is 0 Å². The maximum atomic E-state index is 13.9. The van der Waals surface area contributed by atoms with Crippen LogP contribution in [-0.4, -0.2) is 33.2 Å². The second-order valence-corrected chi connectivity index (χ2v) is 6.96. The first-order chi connectivity index (χ1) is 13.5. The van der Waals surface area contributed by atoms with Gasteiger partial charge in [0.2, 0.25) is 5.82 Å². The lowest BCUT2D eigenvalue weighted by Gasteiger charge is -2.17. The summed E-state index contributed by atoms with van der Waals surface area (Å²) < 4.78 is 46.3. The Bertz CT molecular complexity index is 1080. The van der Waals surface area contributed by atoms with E-state index < -0.39 is 23.4 Å². The lowest BCUT2D eigenvalue weighted by Crippen LogP contribution is -2.27. The second kappa shape index (κ2) is 7.51. The van der Waals surface area contributed by atoms with Gasteiger partial charge in [0.25, 0.3) is 11.8 Å². The number of rotatable bonds is 3. The van der Waals surface area contributed by atoms with Crippen LogP contribution in [0.1, 0.15) is 16.2 Å². The van der Waals surface area contributed by atoms with Crippen molar-refractivity contribution in [2.45, 2.75) is 0 Å². The van der Waals surface area contributed by atoms with Gasteiger partial charge in [-0.3, -0.25) is 4.79 Å². The van der Waals surface area contributed by atoms with Crippen molar-refractivity contribution in [3.63, 3.8) is 0 Å². The number of nitrogens with zero attached hydrogens (tertiary/aromatic N) is 3. The molecule has 0 aliphatic carbocycles. The molecule has 28 heavy (non-hydrogen) atoms. The summed E-state index contributed by atoms with van der Waals surface area (Å²) in [7, 11) is 0. The number of hydrogen-bond acceptors (Lipinski definition) is 5. The first-order valence-corrected chi connectivity index (χ1v) is 9.21. The summed E-state index contributed by atoms with van der Waals surface area (Å²) in [5.74, 6) is -1.95. The van der Waals surface area contributed by atoms with Gasteiger partial charge >= 0.3 is 0 Å². The maximum Gasteiger partial charge on any atom is 0.261 e. The highest BCUT2D eigenvalue weighted by Crippen LogP contribution is 2.32. The van der Waals surface area contributed by atoms with Crippen LogP contribution < -0.4 is 0 Å². The molecular weight excluding hydrogens is 391 g/mol. The molecule has 1 aliphatic heterocycles. The van der Waals surface area contributed by atoms with Gasteiger partial charge in [0.15, 0.2) is 0 Å². The minimum absolute atomic E-state index is 0.0696. The second-order valence-electron chi connectivity index (χ2n) is 5.85. The zero-order valence-corrected chi connectivity index (χ0v) is 15.0. The number of halogens is 3. The molecule has 0 unspecified atom stereocenters. The Hall–Kier alpha value is -3.07. The van der Waals surface area contributed by atoms with Crippen molar-refractivity contribution in [1.29, 1.82) is 0 Å². The van der Waals surface area contributed by atoms with Crippen molar-refractivity contribution in [3.05, 3.63) is 76.4 Å². The normalized spacial score (nSPS) is 15.4. The van der Waals surface area contributed by atoms with E-state index >= 15 is 0 Å². The predicted octanol–water partition coefficient (Wildman–Crippen LogP) is 4.34. The van der Waals surface area contributed by atoms with Crippen LogP contribution in [-0.2, 0) is 0 Å². The Morgan fingerprint density at radius 1 is 1.14 bits per heavy atom. The SMILES string of the molecule is O=C(c1cc(F)ccc1F)N1CCS/C1=C/c1nc(-c2ccccc2F)no1. The van der Waals surface area contributed by atoms with Gasteiger partial charge in [0.1, 0.15) is 17.5 Å². The fourth-order valence-electron chi connectivity index (χ4n) is 2.71. The van der Waals surface area contributed by atoms with Crippen LogP contribution in [0.25, 0.3) is 17.5 Å². The van der Waals surface area contributed by atoms with Crippen molar-refractivity contribution in [3.8, 4) is 11.4 Å². The Labute approximate surface area is 161 Å². The van der Waals surface area contributed by atoms with E-state index in [2.05, 4.69) is 10.1 Å². The third-order valence-corrected chi connectivity index (χ3v) is 5.06. The van der Waals surface area contributed by atoms with E-state index in [1.165, 1.54) is 34.9 Å². The van der Waals surface area contributed by atoms with Crippen LogP contribution in [0.15, 0.2) is 52.0 Å². The molecule has 0 saturated carbocycles. The van der Waals surface area contributed by atoms with E-state index in [9.17, 15) is 18.0 Å². The standard InChI is InChI=1S/C19H12F3N3O2S/c20-11-5-6-15(22)13(9-11)19(26)25-7-8-28-17(25)10-16-23-18(24-27-16)12-3-1-2-4-14(12)21/h1-6,9-10H,7-8H2/b17-10+. The predicted molar refractivity (Wildman–Crippen MR) is 97.5 cm³/mol. The van der Waals surface area contributed by atoms with Crippen LogP contribution >= 0.6 is 11.8 Å². The highest BCUT2D eigenvalue weighted by Gasteiger charge is 2.28. The topological polar surface area (TPSA) is 59.2 Å². The molecule has 2 aromatic carbocycles. The van der Waals surface area contributed by atoms with Gasteiger partial charge in [0, 0.05) is 18.4 Å². The van der Waals surface area contributed by atoms with Crippen LogP contribution in [0.5, 0.6) is 0 Å². The average molecular weight is 403 g/mol. The lowest BCUT2D eigenvalue weighted by atomic mass is 10.2. The van der Waals surface area contributed by atoms with Gasteiger partial charge in [-0.25, -0.2) is 13.2 Å². The van der Waals surface area contributed by atoms with E-state index in [0.717, 1.165) is 18.2 Å². The molecule has 0 atom stereocenters. The van der Waals surface area contributed by atoms with Crippen molar-refractivity contribution in [1.82, 2.24) is 15.0 Å². The molecule has 0 radical (unpaired) electrons. The Morgan fingerprint density at radius 3 is 2.79 bits per heavy atom. The first kappa shape index (κ1) is 18.3. The molecule has 142 valence electrons. The summed E-state index contributed by atoms with van der Waals surface area (Å²) in [6, 6.07) is 8.72. The van der Waals surface area contributed by atoms with E-state index in [0.29, 0.717) is 17.3 Å². The number of thioether (sulfide) groups is 1. The smallest absolute Gasteiger partial charge is 0.261 e. The minimum atomic E-state index is -0.803. The lowest BCUT2D eigenvalue weighted by molar-refractivity contribution is 0.0826. The fourth-order valence-corrected chi connectivity index (χ4v) is 3.71. The number of amides is 1. The zero-order valence-electron chi connectivity index (χ0n) is 14.2. The van der Waals surface area contributed by atoms with Gasteiger partial charge < -0.3 is 9.42 Å². The van der Waals surface area contributed by atoms with E-state index in [1.54, 1.807) is 12.1 Å². The van der Waals surface area contributed by atoms with Gasteiger partial charge in [-0.05, 0) is 30.3 Å². The van der Waals surface area contributed by atoms with Gasteiger partial charge in [-0.15, -0.1) is 11.8 Å². The Kier molecular flexibility index (Phi) is 4.91. The van der Waals surface area contributed by atoms with Gasteiger partial charge in [-0.1, -0.05) is 17.3 Å². The summed E-state index contributed by atoms with van der Waals surface area (Å²) in [5.41, 5.74) is -0.171. The molecule has 5 nitrogen and oxygen atoms in total. The largest absolute Gasteiger partial charge is 0.334 e. The maximum absolute atomic E-state index is 13.9. The number of benzene rings is 2. The quantitative estimate of drug-likeness (QED) is 0.651. The van der Waals surface area contributed by atoms with Crippen LogP contribution in [0.3, 0.4) is 0 Å². The molecule has 3 aromatic rings. The van der Waals surface area contributed by atoms with Crippen LogP contribution in [0.2, 0.25) is 0 Å². The highest BCUT2D eigenvalue weighted by molar-refractivity contribution is 8.03. The van der Waals surface area contributed by atoms with Crippen molar-refractivity contribution < 1.29 is 22.5 Å². The summed E-state index contributed by atoms with van der Waals surface area (Å²) >= 11 is 1.33. The third kappa shape index (κ3) is 3.53. The molecule has 1 aromatic heterocycles. The zero-order chi connectivity index (χ0) is 19.7. The number of hydrogen-bond donors (Lipinski definition) is 0. The van der Waals surface area contributed by atoms with E-state index in [-0.39, 0.29) is 22.8 Å². The first-order valence-electron chi connectivity index (χ1n) is 8.23. The molecule has 0 N–H and O–H groups in total. The van der Waals surface area contributed by atoms with Crippen LogP contribution in [0.4, 0.5) is 13.2 Å². The molecule has 1 aliphatic rings. The monoisotopic (exact) mass is 403 g/mol. The molecule has 1 fully saturated rings. The van der Waals surface area contributed by atoms with Gasteiger partial charge in [0.05, 0.1) is 16.2 Å². The molecule has 0 bridgehead atoms. The summed E-state index contributed by atoms with van der Waals surface area (Å²) in [6.45, 7) is 0.319. The van der Waals surface area contributed by atoms with Gasteiger partial charge in [-0.2, -0.15) is 4.98 Å². The Morgan fingerprint density at radius 2 is 1.96 bits per heavy atom. The molecule has 2 heterocycles. The number of aromatic nitrogens is 2. The molecule has 0 spiro atoms. The summed E-state index contributed by atoms with van der Waals surface area (Å²) in [4.78, 5) is 18.1. The summed E-state index contributed by atoms with van der Waals surface area (Å²) in [5, 5.41) is 4.21. The molecule has 4 rings (SSSR count). The van der Waals surface area contributed by atoms with E-state index in [1.807, 2.05) is 0 Å². The Balaban J connectivity index is 1.62. The molecule has 9 heteroatoms. The number of carbonyl (C=O) groups is 1. The molecular formula is C19H12F3N3O2S. The molecule has 1 amide bonds. The average Bonchev–Trinajstić information content (AvgIpc) is 3.33. The van der Waals surface area contributed by atoms with E-state index in [4.69, 9.17) is 4.52 Å². The third-order valence-electron chi connectivity index (χ3n) is 4.04. The number of carbonyl (C=O) groups excluding carboxylic acids is 1. The van der Waals surface area contributed by atoms with Crippen molar-refractivity contribution >= 4 is 23.7 Å². The minimum Gasteiger partial charge on any atom is -0.334 e. The van der Waals surface area contributed by atoms with Crippen LogP contribution in [0, 0.1) is 17.5 Å².